The summed E-state index contributed by atoms with van der Waals surface area (Å²) in [5.41, 5.74) is 3.22. The zero-order chi connectivity index (χ0) is 17.6. The fourth-order valence-electron chi connectivity index (χ4n) is 3.26. The van der Waals surface area contributed by atoms with Crippen LogP contribution in [0, 0.1) is 13.8 Å². The van der Waals surface area contributed by atoms with E-state index in [0.29, 0.717) is 10.9 Å². The SMILES string of the molecule is Cc1cccc(C)c1-n1nnnc1SCC(=O)N1CCCCCCC1. The molecular weight excluding hydrogens is 334 g/mol. The third-order valence-electron chi connectivity index (χ3n) is 4.63. The summed E-state index contributed by atoms with van der Waals surface area (Å²) < 4.78 is 1.75. The Balaban J connectivity index is 1.68. The van der Waals surface area contributed by atoms with Crippen molar-refractivity contribution in [2.24, 2.45) is 0 Å². The van der Waals surface area contributed by atoms with E-state index >= 15 is 0 Å². The number of aromatic nitrogens is 4. The summed E-state index contributed by atoms with van der Waals surface area (Å²) >= 11 is 1.42. The Kier molecular flexibility index (Phi) is 6.07. The van der Waals surface area contributed by atoms with Gasteiger partial charge >= 0.3 is 0 Å². The van der Waals surface area contributed by atoms with Crippen LogP contribution in [0.5, 0.6) is 0 Å². The van der Waals surface area contributed by atoms with Gasteiger partial charge < -0.3 is 4.90 Å². The number of rotatable bonds is 4. The lowest BCUT2D eigenvalue weighted by atomic mass is 10.1. The number of carbonyl (C=O) groups excluding carboxylic acids is 1. The normalized spacial score (nSPS) is 15.7. The molecule has 134 valence electrons. The Morgan fingerprint density at radius 3 is 2.40 bits per heavy atom. The maximum atomic E-state index is 12.6. The summed E-state index contributed by atoms with van der Waals surface area (Å²) in [5, 5.41) is 12.7. The first kappa shape index (κ1) is 17.9. The van der Waals surface area contributed by atoms with E-state index in [1.807, 2.05) is 36.9 Å². The summed E-state index contributed by atoms with van der Waals surface area (Å²) in [6.07, 6.45) is 5.96. The van der Waals surface area contributed by atoms with Crippen LogP contribution in [0.3, 0.4) is 0 Å². The van der Waals surface area contributed by atoms with E-state index in [9.17, 15) is 4.79 Å². The summed E-state index contributed by atoms with van der Waals surface area (Å²) in [4.78, 5) is 14.6. The zero-order valence-electron chi connectivity index (χ0n) is 14.9. The van der Waals surface area contributed by atoms with Crippen molar-refractivity contribution in [3.8, 4) is 5.69 Å². The van der Waals surface area contributed by atoms with Crippen molar-refractivity contribution in [2.75, 3.05) is 18.8 Å². The van der Waals surface area contributed by atoms with Gasteiger partial charge in [-0.05, 0) is 48.2 Å². The number of aryl methyl sites for hydroxylation is 2. The highest BCUT2D eigenvalue weighted by atomic mass is 32.2. The zero-order valence-corrected chi connectivity index (χ0v) is 15.8. The lowest BCUT2D eigenvalue weighted by molar-refractivity contribution is -0.128. The Labute approximate surface area is 153 Å². The van der Waals surface area contributed by atoms with Gasteiger partial charge in [0.25, 0.3) is 0 Å². The van der Waals surface area contributed by atoms with E-state index in [0.717, 1.165) is 42.7 Å². The minimum absolute atomic E-state index is 0.183. The number of tetrazole rings is 1. The molecule has 1 saturated heterocycles. The van der Waals surface area contributed by atoms with Crippen LogP contribution in [0.2, 0.25) is 0 Å². The molecule has 0 aliphatic carbocycles. The fourth-order valence-corrected chi connectivity index (χ4v) is 4.04. The first-order valence-electron chi connectivity index (χ1n) is 8.92. The molecular formula is C18H25N5OS. The molecule has 0 unspecified atom stereocenters. The number of hydrogen-bond donors (Lipinski definition) is 0. The first-order chi connectivity index (χ1) is 12.2. The lowest BCUT2D eigenvalue weighted by Crippen LogP contribution is -2.35. The van der Waals surface area contributed by atoms with E-state index in [-0.39, 0.29) is 5.91 Å². The number of para-hydroxylation sites is 1. The van der Waals surface area contributed by atoms with E-state index in [4.69, 9.17) is 0 Å². The number of nitrogens with zero attached hydrogens (tertiary/aromatic N) is 5. The average Bonchev–Trinajstić information content (AvgIpc) is 3.00. The molecule has 25 heavy (non-hydrogen) atoms. The molecule has 6 nitrogen and oxygen atoms in total. The standard InChI is InChI=1S/C18H25N5OS/c1-14-9-8-10-15(2)17(14)23-18(19-20-21-23)25-13-16(24)22-11-6-4-3-5-7-12-22/h8-10H,3-7,11-13H2,1-2H3. The van der Waals surface area contributed by atoms with Gasteiger partial charge in [0, 0.05) is 13.1 Å². The number of carbonyl (C=O) groups is 1. The van der Waals surface area contributed by atoms with E-state index in [1.165, 1.54) is 31.0 Å². The van der Waals surface area contributed by atoms with Crippen molar-refractivity contribution in [1.82, 2.24) is 25.1 Å². The van der Waals surface area contributed by atoms with Gasteiger partial charge in [0.05, 0.1) is 11.4 Å². The van der Waals surface area contributed by atoms with Gasteiger partial charge in [-0.2, -0.15) is 4.68 Å². The second kappa shape index (κ2) is 8.47. The summed E-state index contributed by atoms with van der Waals surface area (Å²) in [7, 11) is 0. The molecule has 1 aromatic carbocycles. The van der Waals surface area contributed by atoms with Crippen LogP contribution in [0.25, 0.3) is 5.69 Å². The lowest BCUT2D eigenvalue weighted by Gasteiger charge is -2.24. The van der Waals surface area contributed by atoms with Crippen molar-refractivity contribution in [1.29, 1.82) is 0 Å². The van der Waals surface area contributed by atoms with Gasteiger partial charge in [0.15, 0.2) is 0 Å². The summed E-state index contributed by atoms with van der Waals surface area (Å²) in [6, 6.07) is 6.12. The molecule has 0 radical (unpaired) electrons. The molecule has 0 saturated carbocycles. The third-order valence-corrected chi connectivity index (χ3v) is 5.53. The number of thioether (sulfide) groups is 1. The second-order valence-corrected chi connectivity index (χ2v) is 7.49. The van der Waals surface area contributed by atoms with Gasteiger partial charge in [-0.3, -0.25) is 4.79 Å². The first-order valence-corrected chi connectivity index (χ1v) is 9.91. The highest BCUT2D eigenvalue weighted by Gasteiger charge is 2.18. The molecule has 1 amide bonds. The number of likely N-dealkylation sites (tertiary alicyclic amines) is 1. The molecule has 1 aliphatic rings. The largest absolute Gasteiger partial charge is 0.342 e. The number of amides is 1. The van der Waals surface area contributed by atoms with Gasteiger partial charge in [-0.25, -0.2) is 0 Å². The van der Waals surface area contributed by atoms with Crippen LogP contribution in [0.15, 0.2) is 23.4 Å². The van der Waals surface area contributed by atoms with Crippen molar-refractivity contribution < 1.29 is 4.79 Å². The molecule has 7 heteroatoms. The molecule has 0 N–H and O–H groups in total. The quantitative estimate of drug-likeness (QED) is 0.785. The van der Waals surface area contributed by atoms with Crippen LogP contribution in [-0.4, -0.2) is 49.9 Å². The van der Waals surface area contributed by atoms with Crippen LogP contribution in [-0.2, 0) is 4.79 Å². The number of hydrogen-bond acceptors (Lipinski definition) is 5. The van der Waals surface area contributed by atoms with Crippen LogP contribution >= 0.6 is 11.8 Å². The van der Waals surface area contributed by atoms with Crippen molar-refractivity contribution in [3.63, 3.8) is 0 Å². The molecule has 0 bridgehead atoms. The van der Waals surface area contributed by atoms with Crippen LogP contribution < -0.4 is 0 Å². The molecule has 1 aromatic heterocycles. The highest BCUT2D eigenvalue weighted by molar-refractivity contribution is 7.99. The summed E-state index contributed by atoms with van der Waals surface area (Å²) in [6.45, 7) is 5.84. The van der Waals surface area contributed by atoms with E-state index in [2.05, 4.69) is 15.5 Å². The predicted molar refractivity (Wildman–Crippen MR) is 99.0 cm³/mol. The molecule has 2 aromatic rings. The minimum Gasteiger partial charge on any atom is -0.342 e. The molecule has 0 spiro atoms. The maximum absolute atomic E-state index is 12.6. The molecule has 1 aliphatic heterocycles. The molecule has 3 rings (SSSR count). The number of benzene rings is 1. The van der Waals surface area contributed by atoms with E-state index < -0.39 is 0 Å². The second-order valence-electron chi connectivity index (χ2n) is 6.55. The van der Waals surface area contributed by atoms with Gasteiger partial charge in [-0.1, -0.05) is 49.2 Å². The topological polar surface area (TPSA) is 63.9 Å². The molecule has 0 atom stereocenters. The van der Waals surface area contributed by atoms with Gasteiger partial charge in [-0.15, -0.1) is 5.10 Å². The van der Waals surface area contributed by atoms with Crippen molar-refractivity contribution in [3.05, 3.63) is 29.3 Å². The minimum atomic E-state index is 0.183. The third kappa shape index (κ3) is 4.39. The van der Waals surface area contributed by atoms with E-state index in [1.54, 1.807) is 4.68 Å². The Hall–Kier alpha value is -1.89. The van der Waals surface area contributed by atoms with Gasteiger partial charge in [0.1, 0.15) is 0 Å². The van der Waals surface area contributed by atoms with Gasteiger partial charge in [0.2, 0.25) is 11.1 Å². The predicted octanol–water partition coefficient (Wildman–Crippen LogP) is 3.16. The van der Waals surface area contributed by atoms with Crippen molar-refractivity contribution in [2.45, 2.75) is 51.1 Å². The molecule has 1 fully saturated rings. The highest BCUT2D eigenvalue weighted by Crippen LogP contribution is 2.24. The Morgan fingerprint density at radius 1 is 1.08 bits per heavy atom. The van der Waals surface area contributed by atoms with Crippen molar-refractivity contribution >= 4 is 17.7 Å². The maximum Gasteiger partial charge on any atom is 0.233 e. The average molecular weight is 359 g/mol. The summed E-state index contributed by atoms with van der Waals surface area (Å²) in [5.74, 6) is 0.564. The Bertz CT molecular complexity index is 702. The Morgan fingerprint density at radius 2 is 1.72 bits per heavy atom. The van der Waals surface area contributed by atoms with Crippen LogP contribution in [0.4, 0.5) is 0 Å². The van der Waals surface area contributed by atoms with Crippen LogP contribution in [0.1, 0.15) is 43.2 Å². The smallest absolute Gasteiger partial charge is 0.233 e. The molecule has 2 heterocycles. The fraction of sp³-hybridized carbons (Fsp3) is 0.556. The monoisotopic (exact) mass is 359 g/mol.